The molecule has 0 aromatic heterocycles. The Bertz CT molecular complexity index is 506. The minimum atomic E-state index is 0.140. The fraction of sp³-hybridized carbons (Fsp3) is 0.235. The monoisotopic (exact) mass is 271 g/mol. The van der Waals surface area contributed by atoms with Crippen molar-refractivity contribution in [2.75, 3.05) is 13.7 Å². The third-order valence-electron chi connectivity index (χ3n) is 2.71. The van der Waals surface area contributed by atoms with Crippen molar-refractivity contribution in [1.82, 2.24) is 0 Å². The highest BCUT2D eigenvalue weighted by molar-refractivity contribution is 5.99. The summed E-state index contributed by atoms with van der Waals surface area (Å²) in [6.07, 6.45) is 0. The van der Waals surface area contributed by atoms with Crippen LogP contribution in [-0.4, -0.2) is 24.5 Å². The Morgan fingerprint density at radius 2 is 1.65 bits per heavy atom. The Morgan fingerprint density at radius 1 is 1.05 bits per heavy atom. The van der Waals surface area contributed by atoms with Gasteiger partial charge in [-0.05, 0) is 18.1 Å². The molecule has 0 aliphatic carbocycles. The molecule has 0 aliphatic rings. The number of nitrogens with one attached hydrogen (secondary N) is 1. The molecule has 2 aromatic rings. The van der Waals surface area contributed by atoms with E-state index in [1.165, 1.54) is 5.56 Å². The van der Waals surface area contributed by atoms with Crippen LogP contribution >= 0.6 is 0 Å². The number of methoxy groups -OCH3 is 1. The van der Waals surface area contributed by atoms with Crippen molar-refractivity contribution in [3.8, 4) is 0 Å². The first-order chi connectivity index (χ1) is 9.67. The van der Waals surface area contributed by atoms with E-state index in [-0.39, 0.29) is 6.61 Å². The molecule has 2 aromatic carbocycles. The predicted octanol–water partition coefficient (Wildman–Crippen LogP) is 3.19. The van der Waals surface area contributed by atoms with Gasteiger partial charge in [0.05, 0.1) is 18.9 Å². The zero-order chi connectivity index (χ0) is 14.8. The van der Waals surface area contributed by atoms with Crippen LogP contribution < -0.4 is 0 Å². The van der Waals surface area contributed by atoms with Crippen molar-refractivity contribution in [3.63, 3.8) is 0 Å². The van der Waals surface area contributed by atoms with Gasteiger partial charge in [0.2, 0.25) is 0 Å². The first-order valence-electron chi connectivity index (χ1n) is 6.45. The Labute approximate surface area is 120 Å². The quantitative estimate of drug-likeness (QED) is 0.839. The van der Waals surface area contributed by atoms with Crippen LogP contribution in [-0.2, 0) is 11.3 Å². The Kier molecular flexibility index (Phi) is 7.25. The largest absolute Gasteiger partial charge is 0.392 e. The molecule has 0 radical (unpaired) electrons. The third-order valence-corrected chi connectivity index (χ3v) is 2.71. The second-order valence-corrected chi connectivity index (χ2v) is 4.42. The van der Waals surface area contributed by atoms with Crippen LogP contribution in [0.4, 0.5) is 0 Å². The number of rotatable bonds is 4. The molecule has 3 nitrogen and oxygen atoms in total. The fourth-order valence-electron chi connectivity index (χ4n) is 1.57. The lowest BCUT2D eigenvalue weighted by Crippen LogP contribution is -2.06. The van der Waals surface area contributed by atoms with Gasteiger partial charge in [-0.1, -0.05) is 60.2 Å². The van der Waals surface area contributed by atoms with Crippen molar-refractivity contribution in [2.24, 2.45) is 0 Å². The molecule has 0 saturated carbocycles. The van der Waals surface area contributed by atoms with Crippen molar-refractivity contribution < 1.29 is 9.84 Å². The van der Waals surface area contributed by atoms with Gasteiger partial charge in [0, 0.05) is 7.11 Å². The molecule has 2 rings (SSSR count). The van der Waals surface area contributed by atoms with E-state index < -0.39 is 0 Å². The average molecular weight is 271 g/mol. The lowest BCUT2D eigenvalue weighted by atomic mass is 10.1. The molecule has 0 spiro atoms. The van der Waals surface area contributed by atoms with Gasteiger partial charge in [0.1, 0.15) is 0 Å². The van der Waals surface area contributed by atoms with Crippen molar-refractivity contribution in [1.29, 1.82) is 5.41 Å². The van der Waals surface area contributed by atoms with E-state index in [0.29, 0.717) is 12.3 Å². The summed E-state index contributed by atoms with van der Waals surface area (Å²) in [5.41, 5.74) is 3.64. The molecule has 3 heteroatoms. The minimum Gasteiger partial charge on any atom is -0.392 e. The maximum atomic E-state index is 8.54. The molecule has 0 saturated heterocycles. The van der Waals surface area contributed by atoms with Gasteiger partial charge in [-0.15, -0.1) is 0 Å². The maximum absolute atomic E-state index is 8.54. The van der Waals surface area contributed by atoms with Crippen LogP contribution in [0.2, 0.25) is 0 Å². The van der Waals surface area contributed by atoms with Gasteiger partial charge in [0.15, 0.2) is 0 Å². The van der Waals surface area contributed by atoms with Gasteiger partial charge >= 0.3 is 0 Å². The summed E-state index contributed by atoms with van der Waals surface area (Å²) in [7, 11) is 1.60. The molecule has 0 atom stereocenters. The molecular weight excluding hydrogens is 250 g/mol. The van der Waals surface area contributed by atoms with Gasteiger partial charge in [0.25, 0.3) is 0 Å². The molecule has 0 heterocycles. The average Bonchev–Trinajstić information content (AvgIpc) is 2.49. The molecule has 0 unspecified atom stereocenters. The summed E-state index contributed by atoms with van der Waals surface area (Å²) >= 11 is 0. The lowest BCUT2D eigenvalue weighted by Gasteiger charge is -2.02. The maximum Gasteiger partial charge on any atom is 0.0883 e. The molecular formula is C17H21NO2. The van der Waals surface area contributed by atoms with Gasteiger partial charge in [-0.25, -0.2) is 0 Å². The molecule has 20 heavy (non-hydrogen) atoms. The van der Waals surface area contributed by atoms with Crippen molar-refractivity contribution in [3.05, 3.63) is 71.3 Å². The summed E-state index contributed by atoms with van der Waals surface area (Å²) in [4.78, 5) is 0. The first kappa shape index (κ1) is 16.1. The summed E-state index contributed by atoms with van der Waals surface area (Å²) in [6.45, 7) is 2.55. The summed E-state index contributed by atoms with van der Waals surface area (Å²) in [6, 6.07) is 17.4. The van der Waals surface area contributed by atoms with Crippen LogP contribution in [0, 0.1) is 12.3 Å². The lowest BCUT2D eigenvalue weighted by molar-refractivity contribution is 0.245. The number of hydrogen-bond donors (Lipinski definition) is 2. The van der Waals surface area contributed by atoms with Crippen molar-refractivity contribution in [2.45, 2.75) is 13.5 Å². The SMILES string of the molecule is COCC(=N)c1ccc(C)cc1.OCc1ccccc1. The van der Waals surface area contributed by atoms with Crippen LogP contribution in [0.1, 0.15) is 16.7 Å². The van der Waals surface area contributed by atoms with Crippen LogP contribution in [0.25, 0.3) is 0 Å². The summed E-state index contributed by atoms with van der Waals surface area (Å²) in [5, 5.41) is 16.1. The van der Waals surface area contributed by atoms with E-state index in [9.17, 15) is 0 Å². The molecule has 0 bridgehead atoms. The second-order valence-electron chi connectivity index (χ2n) is 4.42. The molecule has 0 amide bonds. The van der Waals surface area contributed by atoms with E-state index in [4.69, 9.17) is 15.3 Å². The normalized spacial score (nSPS) is 9.55. The molecule has 2 N–H and O–H groups in total. The van der Waals surface area contributed by atoms with Gasteiger partial charge in [-0.3, -0.25) is 0 Å². The number of benzene rings is 2. The van der Waals surface area contributed by atoms with E-state index in [1.54, 1.807) is 7.11 Å². The highest BCUT2D eigenvalue weighted by Crippen LogP contribution is 2.03. The van der Waals surface area contributed by atoms with E-state index >= 15 is 0 Å². The van der Waals surface area contributed by atoms with E-state index in [1.807, 2.05) is 61.5 Å². The zero-order valence-electron chi connectivity index (χ0n) is 12.0. The summed E-state index contributed by atoms with van der Waals surface area (Å²) < 4.78 is 4.86. The number of aryl methyl sites for hydroxylation is 1. The number of ether oxygens (including phenoxy) is 1. The smallest absolute Gasteiger partial charge is 0.0883 e. The van der Waals surface area contributed by atoms with Gasteiger partial charge < -0.3 is 15.3 Å². The second kappa shape index (κ2) is 9.02. The van der Waals surface area contributed by atoms with E-state index in [2.05, 4.69) is 0 Å². The Morgan fingerprint density at radius 3 is 2.10 bits per heavy atom. The minimum absolute atomic E-state index is 0.140. The highest BCUT2D eigenvalue weighted by atomic mass is 16.5. The van der Waals surface area contributed by atoms with Gasteiger partial charge in [-0.2, -0.15) is 0 Å². The molecule has 0 aliphatic heterocycles. The van der Waals surface area contributed by atoms with Crippen LogP contribution in [0.5, 0.6) is 0 Å². The summed E-state index contributed by atoms with van der Waals surface area (Å²) in [5.74, 6) is 0. The fourth-order valence-corrected chi connectivity index (χ4v) is 1.57. The standard InChI is InChI=1S/C10H13NO.C7H8O/c1-8-3-5-9(6-4-8)10(11)7-12-2;8-6-7-4-2-1-3-5-7/h3-6,11H,7H2,1-2H3;1-5,8H,6H2. The first-order valence-corrected chi connectivity index (χ1v) is 6.45. The topological polar surface area (TPSA) is 53.3 Å². The Balaban J connectivity index is 0.000000217. The number of hydrogen-bond acceptors (Lipinski definition) is 3. The third kappa shape index (κ3) is 5.78. The van der Waals surface area contributed by atoms with Crippen LogP contribution in [0.15, 0.2) is 54.6 Å². The van der Waals surface area contributed by atoms with Crippen LogP contribution in [0.3, 0.4) is 0 Å². The van der Waals surface area contributed by atoms with E-state index in [0.717, 1.165) is 11.1 Å². The van der Waals surface area contributed by atoms with Crippen molar-refractivity contribution >= 4 is 5.71 Å². The molecule has 0 fully saturated rings. The zero-order valence-corrected chi connectivity index (χ0v) is 12.0. The highest BCUT2D eigenvalue weighted by Gasteiger charge is 1.98. The Hall–Kier alpha value is -1.97. The molecule has 106 valence electrons. The predicted molar refractivity (Wildman–Crippen MR) is 82.2 cm³/mol. The number of aliphatic hydroxyl groups is 1. The number of aliphatic hydroxyl groups excluding tert-OH is 1.